The Balaban J connectivity index is 1.21. The van der Waals surface area contributed by atoms with E-state index in [-0.39, 0.29) is 53.7 Å². The summed E-state index contributed by atoms with van der Waals surface area (Å²) >= 11 is -1.91. The predicted octanol–water partition coefficient (Wildman–Crippen LogP) is 2.32. The number of likely N-dealkylation sites (tertiary alicyclic amines) is 2. The number of benzene rings is 1. The fraction of sp³-hybridized carbons (Fsp3) is 0.467. The van der Waals surface area contributed by atoms with E-state index in [2.05, 4.69) is 27.6 Å². The average molecular weight is 680 g/mol. The summed E-state index contributed by atoms with van der Waals surface area (Å²) in [7, 11) is 3.34. The number of nitrogens with one attached hydrogen (secondary N) is 2. The van der Waals surface area contributed by atoms with Gasteiger partial charge in [0.05, 0.1) is 18.7 Å². The summed E-state index contributed by atoms with van der Waals surface area (Å²) in [6, 6.07) is 9.80. The molecule has 14 heteroatoms. The van der Waals surface area contributed by atoms with E-state index < -0.39 is 37.3 Å². The number of carbonyl (C=O) groups is 1. The first-order valence-corrected chi connectivity index (χ1v) is 15.8. The normalized spacial score (nSPS) is 24.1. The number of carbonyl (C=O) groups excluding carboxylic acids is 1. The zero-order valence-corrected chi connectivity index (χ0v) is 26.0. The average Bonchev–Trinajstić information content (AvgIpc) is 3.54. The molecule has 0 unspecified atom stereocenters. The molecule has 1 amide bonds. The van der Waals surface area contributed by atoms with Gasteiger partial charge < -0.3 is 5.11 Å². The molecule has 3 aliphatic rings. The molecule has 44 heavy (non-hydrogen) atoms. The van der Waals surface area contributed by atoms with Crippen molar-refractivity contribution in [3.8, 4) is 17.6 Å². The van der Waals surface area contributed by atoms with Gasteiger partial charge in [-0.2, -0.15) is 0 Å². The third-order valence-corrected chi connectivity index (χ3v) is 10.0. The molecular weight excluding hydrogens is 647 g/mol. The zero-order valence-electron chi connectivity index (χ0n) is 24.3. The second-order valence-electron chi connectivity index (χ2n) is 11.9. The summed E-state index contributed by atoms with van der Waals surface area (Å²) in [5, 5.41) is 16.3. The van der Waals surface area contributed by atoms with Crippen molar-refractivity contribution in [2.45, 2.75) is 35.7 Å². The number of alkyl halides is 4. The number of fused-ring (bicyclic) bond motifs is 2. The number of halogens is 4. The molecule has 2 aliphatic heterocycles. The van der Waals surface area contributed by atoms with Crippen molar-refractivity contribution in [3.63, 3.8) is 0 Å². The van der Waals surface area contributed by atoms with Crippen LogP contribution in [-0.4, -0.2) is 115 Å². The molecule has 2 saturated heterocycles. The molecule has 6 rings (SSSR count). The maximum atomic E-state index is 15.1. The van der Waals surface area contributed by atoms with Gasteiger partial charge in [-0.05, 0) is 6.92 Å². The minimum absolute atomic E-state index is 0.0107. The van der Waals surface area contributed by atoms with Crippen LogP contribution in [0.15, 0.2) is 36.4 Å². The van der Waals surface area contributed by atoms with E-state index in [9.17, 15) is 23.1 Å². The number of aliphatic hydroxyl groups is 1. The van der Waals surface area contributed by atoms with Crippen LogP contribution in [0.2, 0.25) is 0 Å². The molecular formula is C30H32F4N6O3Se. The van der Waals surface area contributed by atoms with Crippen molar-refractivity contribution in [1.29, 1.82) is 0 Å². The first kappa shape index (κ1) is 30.5. The Labute approximate surface area is 258 Å². The molecule has 1 aliphatic carbocycles. The van der Waals surface area contributed by atoms with Crippen molar-refractivity contribution in [3.05, 3.63) is 47.7 Å². The van der Waals surface area contributed by atoms with Gasteiger partial charge in [-0.25, -0.2) is 0 Å². The van der Waals surface area contributed by atoms with Gasteiger partial charge >= 0.3 is 228 Å². The van der Waals surface area contributed by atoms with Crippen LogP contribution in [0, 0.1) is 17.8 Å². The van der Waals surface area contributed by atoms with Gasteiger partial charge in [0.25, 0.3) is 0 Å². The van der Waals surface area contributed by atoms with Gasteiger partial charge in [-0.15, -0.1) is 0 Å². The second kappa shape index (κ2) is 11.1. The van der Waals surface area contributed by atoms with E-state index in [4.69, 9.17) is 4.74 Å². The Morgan fingerprint density at radius 2 is 2.02 bits per heavy atom. The molecule has 0 bridgehead atoms. The third-order valence-electron chi connectivity index (χ3n) is 8.28. The number of anilines is 2. The number of piperidine rings is 1. The van der Waals surface area contributed by atoms with Crippen LogP contribution < -0.4 is 19.8 Å². The molecule has 3 fully saturated rings. The SMILES string of the molecule is COc1cc(C(=O)N2CC(C)(O)C2)ccc1NCC#Cc1nn2c(N[C@]34C[C@H]3CN(C)C[C@H]4F)cccc2c1[Se]C(F)(F)F. The number of rotatable bonds is 7. The number of aromatic nitrogens is 2. The minimum atomic E-state index is -4.43. The van der Waals surface area contributed by atoms with E-state index >= 15 is 4.39 Å². The van der Waals surface area contributed by atoms with Crippen molar-refractivity contribution in [2.75, 3.05) is 57.5 Å². The molecule has 1 aromatic carbocycles. The van der Waals surface area contributed by atoms with Gasteiger partial charge in [0.2, 0.25) is 0 Å². The number of ether oxygens (including phenoxy) is 1. The summed E-state index contributed by atoms with van der Waals surface area (Å²) in [6.45, 7) is 3.27. The fourth-order valence-electron chi connectivity index (χ4n) is 6.10. The number of amides is 1. The van der Waals surface area contributed by atoms with Crippen LogP contribution in [0.5, 0.6) is 5.75 Å². The summed E-state index contributed by atoms with van der Waals surface area (Å²) in [6.07, 6.45) is -0.468. The summed E-state index contributed by atoms with van der Waals surface area (Å²) in [5.41, 5.74) is -0.379. The molecule has 1 saturated carbocycles. The quantitative estimate of drug-likeness (QED) is 0.201. The van der Waals surface area contributed by atoms with E-state index in [1.54, 1.807) is 43.3 Å². The summed E-state index contributed by atoms with van der Waals surface area (Å²) in [4.78, 5) is 16.2. The van der Waals surface area contributed by atoms with Crippen LogP contribution in [0.25, 0.3) is 5.52 Å². The molecule has 3 N–H and O–H groups in total. The molecule has 0 radical (unpaired) electrons. The topological polar surface area (TPSA) is 94.4 Å². The zero-order chi connectivity index (χ0) is 31.4. The Hall–Kier alpha value is -3.50. The van der Waals surface area contributed by atoms with E-state index in [1.165, 1.54) is 16.5 Å². The van der Waals surface area contributed by atoms with Crippen LogP contribution >= 0.6 is 0 Å². The maximum absolute atomic E-state index is 15.1. The molecule has 234 valence electrons. The molecule has 0 spiro atoms. The van der Waals surface area contributed by atoms with Gasteiger partial charge in [0.15, 0.2) is 0 Å². The molecule has 3 atom stereocenters. The summed E-state index contributed by atoms with van der Waals surface area (Å²) in [5.74, 6) is 6.38. The molecule has 4 heterocycles. The van der Waals surface area contributed by atoms with Crippen molar-refractivity contribution in [2.24, 2.45) is 5.92 Å². The monoisotopic (exact) mass is 680 g/mol. The number of nitrogens with zero attached hydrogens (tertiary/aromatic N) is 4. The van der Waals surface area contributed by atoms with Crippen molar-refractivity contribution < 1.29 is 32.2 Å². The first-order chi connectivity index (χ1) is 20.8. The second-order valence-corrected chi connectivity index (χ2v) is 14.2. The number of methoxy groups -OCH3 is 1. The van der Waals surface area contributed by atoms with Crippen molar-refractivity contribution in [1.82, 2.24) is 19.4 Å². The van der Waals surface area contributed by atoms with E-state index in [1.807, 2.05) is 11.9 Å². The van der Waals surface area contributed by atoms with Crippen LogP contribution in [-0.2, 0) is 0 Å². The van der Waals surface area contributed by atoms with Crippen molar-refractivity contribution >= 4 is 42.3 Å². The van der Waals surface area contributed by atoms with Crippen LogP contribution in [0.4, 0.5) is 29.1 Å². The molecule has 2 aromatic heterocycles. The molecule has 3 aromatic rings. The predicted molar refractivity (Wildman–Crippen MR) is 158 cm³/mol. The number of hydrogen-bond acceptors (Lipinski definition) is 7. The number of hydrogen-bond donors (Lipinski definition) is 3. The summed E-state index contributed by atoms with van der Waals surface area (Å²) < 4.78 is 62.9. The van der Waals surface area contributed by atoms with Gasteiger partial charge in [0, 0.05) is 0 Å². The Morgan fingerprint density at radius 3 is 2.70 bits per heavy atom. The third kappa shape index (κ3) is 5.94. The standard InChI is InChI=1S/C30H32F4N6O3Se/c1-28(42)16-39(17-28)27(41)18-9-10-20(23(12-18)43-3)35-11-5-6-21-26(44-30(32,33)34)22-7-4-8-25(40(22)37-21)36-29-13-19(29)14-38(2)15-24(29)31/h4,7-10,12,19,24,35-36,42H,11,13-17H2,1-3H3/t19-,24+,29+/m0/s1. The first-order valence-electron chi connectivity index (χ1n) is 14.1. The number of β-amino-alcohol motifs (C(OH)–C–C–N with tert-alkyl or cyclic N) is 1. The number of pyridine rings is 1. The van der Waals surface area contributed by atoms with Crippen LogP contribution in [0.3, 0.4) is 0 Å². The Morgan fingerprint density at radius 1 is 1.25 bits per heavy atom. The van der Waals surface area contributed by atoms with E-state index in [0.29, 0.717) is 29.2 Å². The van der Waals surface area contributed by atoms with E-state index in [0.717, 1.165) is 6.54 Å². The van der Waals surface area contributed by atoms with Gasteiger partial charge in [-0.1, -0.05) is 0 Å². The Bertz CT molecular complexity index is 1660. The van der Waals surface area contributed by atoms with Gasteiger partial charge in [0.1, 0.15) is 0 Å². The Kier molecular flexibility index (Phi) is 7.73. The fourth-order valence-corrected chi connectivity index (χ4v) is 7.52. The molecule has 9 nitrogen and oxygen atoms in total. The van der Waals surface area contributed by atoms with Gasteiger partial charge in [-0.3, -0.25) is 0 Å². The van der Waals surface area contributed by atoms with Crippen LogP contribution in [0.1, 0.15) is 29.4 Å².